The highest BCUT2D eigenvalue weighted by molar-refractivity contribution is 4.80. The minimum absolute atomic E-state index is 0.584. The van der Waals surface area contributed by atoms with Crippen molar-refractivity contribution in [1.29, 1.82) is 0 Å². The predicted octanol–water partition coefficient (Wildman–Crippen LogP) is 5.15. The van der Waals surface area contributed by atoms with E-state index < -0.39 is 0 Å². The minimum atomic E-state index is 0.584. The maximum absolute atomic E-state index is 3.66. The van der Waals surface area contributed by atoms with E-state index in [1.54, 1.807) is 0 Å². The van der Waals surface area contributed by atoms with E-state index in [1.165, 1.54) is 70.9 Å². The molecular weight excluding hydrogens is 206 g/mol. The Balaban J connectivity index is 4.17. The molecule has 1 atom stereocenters. The van der Waals surface area contributed by atoms with E-state index in [2.05, 4.69) is 33.0 Å². The SMILES string of the molecule is CCCCCC(CC)(CCCC)CNCCC. The van der Waals surface area contributed by atoms with Crippen molar-refractivity contribution < 1.29 is 0 Å². The molecule has 0 amide bonds. The summed E-state index contributed by atoms with van der Waals surface area (Å²) >= 11 is 0. The van der Waals surface area contributed by atoms with Crippen molar-refractivity contribution >= 4 is 0 Å². The van der Waals surface area contributed by atoms with Crippen molar-refractivity contribution in [2.45, 2.75) is 85.5 Å². The average molecular weight is 241 g/mol. The first-order chi connectivity index (χ1) is 8.24. The van der Waals surface area contributed by atoms with Crippen LogP contribution in [0.25, 0.3) is 0 Å². The van der Waals surface area contributed by atoms with E-state index in [0.29, 0.717) is 5.41 Å². The van der Waals surface area contributed by atoms with E-state index >= 15 is 0 Å². The van der Waals surface area contributed by atoms with Crippen LogP contribution < -0.4 is 5.32 Å². The molecule has 1 unspecified atom stereocenters. The van der Waals surface area contributed by atoms with Gasteiger partial charge in [-0.3, -0.25) is 0 Å². The number of unbranched alkanes of at least 4 members (excludes halogenated alkanes) is 3. The predicted molar refractivity (Wildman–Crippen MR) is 79.6 cm³/mol. The van der Waals surface area contributed by atoms with Gasteiger partial charge in [-0.05, 0) is 37.6 Å². The maximum atomic E-state index is 3.66. The van der Waals surface area contributed by atoms with Crippen molar-refractivity contribution in [3.05, 3.63) is 0 Å². The highest BCUT2D eigenvalue weighted by Gasteiger charge is 2.26. The van der Waals surface area contributed by atoms with Gasteiger partial charge in [0.15, 0.2) is 0 Å². The van der Waals surface area contributed by atoms with E-state index in [0.717, 1.165) is 0 Å². The Kier molecular flexibility index (Phi) is 11.0. The van der Waals surface area contributed by atoms with Gasteiger partial charge in [0.1, 0.15) is 0 Å². The smallest absolute Gasteiger partial charge is 0.000770 e. The van der Waals surface area contributed by atoms with Crippen molar-refractivity contribution in [3.63, 3.8) is 0 Å². The van der Waals surface area contributed by atoms with Crippen LogP contribution >= 0.6 is 0 Å². The normalized spacial score (nSPS) is 14.8. The molecule has 1 heteroatoms. The molecule has 0 saturated heterocycles. The van der Waals surface area contributed by atoms with Crippen molar-refractivity contribution in [2.24, 2.45) is 5.41 Å². The van der Waals surface area contributed by atoms with Crippen LogP contribution in [0.2, 0.25) is 0 Å². The molecule has 1 nitrogen and oxygen atoms in total. The molecule has 0 bridgehead atoms. The molecule has 0 spiro atoms. The second-order valence-electron chi connectivity index (χ2n) is 5.59. The summed E-state index contributed by atoms with van der Waals surface area (Å²) in [7, 11) is 0. The zero-order chi connectivity index (χ0) is 13.0. The van der Waals surface area contributed by atoms with Crippen LogP contribution in [0, 0.1) is 5.41 Å². The largest absolute Gasteiger partial charge is 0.316 e. The first-order valence-corrected chi connectivity index (χ1v) is 7.95. The average Bonchev–Trinajstić information content (AvgIpc) is 2.36. The van der Waals surface area contributed by atoms with Crippen LogP contribution in [0.15, 0.2) is 0 Å². The van der Waals surface area contributed by atoms with Crippen LogP contribution in [0.1, 0.15) is 85.5 Å². The van der Waals surface area contributed by atoms with Gasteiger partial charge < -0.3 is 5.32 Å². The van der Waals surface area contributed by atoms with Crippen molar-refractivity contribution in [1.82, 2.24) is 5.32 Å². The van der Waals surface area contributed by atoms with Gasteiger partial charge in [-0.1, -0.05) is 59.8 Å². The third kappa shape index (κ3) is 7.81. The third-order valence-electron chi connectivity index (χ3n) is 4.05. The summed E-state index contributed by atoms with van der Waals surface area (Å²) in [6.07, 6.45) is 12.3. The van der Waals surface area contributed by atoms with Crippen LogP contribution in [0.3, 0.4) is 0 Å². The first kappa shape index (κ1) is 17.0. The second-order valence-corrected chi connectivity index (χ2v) is 5.59. The van der Waals surface area contributed by atoms with Gasteiger partial charge in [-0.25, -0.2) is 0 Å². The first-order valence-electron chi connectivity index (χ1n) is 7.95. The molecule has 0 fully saturated rings. The Morgan fingerprint density at radius 3 is 1.94 bits per heavy atom. The summed E-state index contributed by atoms with van der Waals surface area (Å²) in [6.45, 7) is 11.7. The Morgan fingerprint density at radius 1 is 0.765 bits per heavy atom. The van der Waals surface area contributed by atoms with E-state index in [4.69, 9.17) is 0 Å². The Morgan fingerprint density at radius 2 is 1.41 bits per heavy atom. The molecule has 0 aromatic heterocycles. The Bertz CT molecular complexity index is 144. The molecule has 0 aromatic rings. The van der Waals surface area contributed by atoms with Gasteiger partial charge >= 0.3 is 0 Å². The molecule has 1 N–H and O–H groups in total. The van der Waals surface area contributed by atoms with Gasteiger partial charge in [0.25, 0.3) is 0 Å². The number of hydrogen-bond acceptors (Lipinski definition) is 1. The molecule has 0 aliphatic rings. The summed E-state index contributed by atoms with van der Waals surface area (Å²) in [5.41, 5.74) is 0.584. The minimum Gasteiger partial charge on any atom is -0.316 e. The molecule has 0 aromatic carbocycles. The highest BCUT2D eigenvalue weighted by Crippen LogP contribution is 2.34. The Hall–Kier alpha value is -0.0400. The molecule has 0 radical (unpaired) electrons. The Labute approximate surface area is 110 Å². The fourth-order valence-electron chi connectivity index (χ4n) is 2.61. The molecule has 0 saturated carbocycles. The second kappa shape index (κ2) is 11.1. The van der Waals surface area contributed by atoms with Gasteiger partial charge in [0.05, 0.1) is 0 Å². The van der Waals surface area contributed by atoms with Crippen LogP contribution in [0.4, 0.5) is 0 Å². The van der Waals surface area contributed by atoms with Crippen molar-refractivity contribution in [3.8, 4) is 0 Å². The topological polar surface area (TPSA) is 12.0 Å². The quantitative estimate of drug-likeness (QED) is 0.466. The van der Waals surface area contributed by atoms with Crippen LogP contribution in [0.5, 0.6) is 0 Å². The lowest BCUT2D eigenvalue weighted by molar-refractivity contribution is 0.205. The lowest BCUT2D eigenvalue weighted by atomic mass is 9.76. The molecule has 0 heterocycles. The van der Waals surface area contributed by atoms with Gasteiger partial charge in [0.2, 0.25) is 0 Å². The summed E-state index contributed by atoms with van der Waals surface area (Å²) in [5.74, 6) is 0. The maximum Gasteiger partial charge on any atom is 0.000770 e. The van der Waals surface area contributed by atoms with Gasteiger partial charge in [0, 0.05) is 6.54 Å². The molecule has 0 aliphatic heterocycles. The summed E-state index contributed by atoms with van der Waals surface area (Å²) in [5, 5.41) is 3.66. The van der Waals surface area contributed by atoms with Crippen molar-refractivity contribution in [2.75, 3.05) is 13.1 Å². The fourth-order valence-corrected chi connectivity index (χ4v) is 2.61. The van der Waals surface area contributed by atoms with E-state index in [1.807, 2.05) is 0 Å². The molecular formula is C16H35N. The van der Waals surface area contributed by atoms with E-state index in [9.17, 15) is 0 Å². The summed E-state index contributed by atoms with van der Waals surface area (Å²) < 4.78 is 0. The standard InChI is InChI=1S/C16H35N/c1-5-9-11-13-16(8-4,12-10-6-2)15-17-14-7-3/h17H,5-15H2,1-4H3. The van der Waals surface area contributed by atoms with Gasteiger partial charge in [-0.15, -0.1) is 0 Å². The monoisotopic (exact) mass is 241 g/mol. The molecule has 0 aliphatic carbocycles. The van der Waals surface area contributed by atoms with Crippen LogP contribution in [-0.2, 0) is 0 Å². The lowest BCUT2D eigenvalue weighted by Gasteiger charge is -2.33. The number of nitrogens with one attached hydrogen (secondary N) is 1. The molecule has 17 heavy (non-hydrogen) atoms. The summed E-state index contributed by atoms with van der Waals surface area (Å²) in [6, 6.07) is 0. The number of rotatable bonds is 12. The fraction of sp³-hybridized carbons (Fsp3) is 1.00. The van der Waals surface area contributed by atoms with Gasteiger partial charge in [-0.2, -0.15) is 0 Å². The van der Waals surface area contributed by atoms with Crippen LogP contribution in [-0.4, -0.2) is 13.1 Å². The zero-order valence-corrected chi connectivity index (χ0v) is 12.8. The highest BCUT2D eigenvalue weighted by atomic mass is 14.9. The zero-order valence-electron chi connectivity index (χ0n) is 12.8. The third-order valence-corrected chi connectivity index (χ3v) is 4.05. The molecule has 0 rings (SSSR count). The summed E-state index contributed by atoms with van der Waals surface area (Å²) in [4.78, 5) is 0. The molecule has 104 valence electrons. The number of hydrogen-bond donors (Lipinski definition) is 1. The van der Waals surface area contributed by atoms with E-state index in [-0.39, 0.29) is 0 Å². The lowest BCUT2D eigenvalue weighted by Crippen LogP contribution is -2.34.